The molecule has 1 saturated heterocycles. The Bertz CT molecular complexity index is 531. The van der Waals surface area contributed by atoms with E-state index in [1.54, 1.807) is 18.5 Å². The fraction of sp³-hybridized carbons (Fsp3) is 0.571. The van der Waals surface area contributed by atoms with E-state index >= 15 is 0 Å². The number of nitrogens with zero attached hydrogens (tertiary/aromatic N) is 3. The summed E-state index contributed by atoms with van der Waals surface area (Å²) < 4.78 is 5.72. The summed E-state index contributed by atoms with van der Waals surface area (Å²) in [6.45, 7) is 0.943. The lowest BCUT2D eigenvalue weighted by Gasteiger charge is -2.29. The molecule has 1 aliphatic heterocycles. The van der Waals surface area contributed by atoms with Gasteiger partial charge in [0.2, 0.25) is 0 Å². The minimum absolute atomic E-state index is 0.0747. The highest BCUT2D eigenvalue weighted by Crippen LogP contribution is 2.22. The molecule has 2 fully saturated rings. The molecule has 1 aromatic rings. The summed E-state index contributed by atoms with van der Waals surface area (Å²) >= 11 is 0. The smallest absolute Gasteiger partial charge is 0.325 e. The first-order chi connectivity index (χ1) is 10.7. The van der Waals surface area contributed by atoms with Gasteiger partial charge in [0.15, 0.2) is 0 Å². The van der Waals surface area contributed by atoms with Crippen LogP contribution < -0.4 is 15.4 Å². The highest BCUT2D eigenvalue weighted by atomic mass is 16.5. The maximum absolute atomic E-state index is 12.0. The van der Waals surface area contributed by atoms with E-state index in [2.05, 4.69) is 20.6 Å². The molecule has 8 heteroatoms. The summed E-state index contributed by atoms with van der Waals surface area (Å²) in [4.78, 5) is 32.7. The molecule has 2 heterocycles. The van der Waals surface area contributed by atoms with Crippen molar-refractivity contribution in [3.05, 3.63) is 18.5 Å². The van der Waals surface area contributed by atoms with Crippen LogP contribution in [0, 0.1) is 0 Å². The van der Waals surface area contributed by atoms with E-state index in [9.17, 15) is 9.59 Å². The second kappa shape index (κ2) is 6.59. The zero-order valence-electron chi connectivity index (χ0n) is 12.2. The van der Waals surface area contributed by atoms with Gasteiger partial charge in [0.05, 0.1) is 0 Å². The molecule has 2 N–H and O–H groups in total. The van der Waals surface area contributed by atoms with Crippen LogP contribution >= 0.6 is 0 Å². The van der Waals surface area contributed by atoms with Crippen molar-refractivity contribution in [3.63, 3.8) is 0 Å². The summed E-state index contributed by atoms with van der Waals surface area (Å²) in [5, 5.41) is 5.53. The third-order valence-electron chi connectivity index (χ3n) is 3.92. The van der Waals surface area contributed by atoms with Crippen molar-refractivity contribution in [3.8, 4) is 6.01 Å². The first-order valence-electron chi connectivity index (χ1n) is 7.52. The standard InChI is InChI=1S/C14H19N5O3/c20-13-17-8-9-19(13)14(21)18-10-2-4-11(5-3-10)22-12-15-6-1-7-16-12/h1,6-7,10-11H,2-5,8-9H2,(H,17,20)(H,18,21). The van der Waals surface area contributed by atoms with Crippen LogP contribution in [0.3, 0.4) is 0 Å². The molecule has 0 bridgehead atoms. The van der Waals surface area contributed by atoms with Gasteiger partial charge in [0, 0.05) is 31.5 Å². The van der Waals surface area contributed by atoms with Crippen LogP contribution in [0.2, 0.25) is 0 Å². The lowest BCUT2D eigenvalue weighted by molar-refractivity contribution is 0.127. The Morgan fingerprint density at radius 2 is 2.00 bits per heavy atom. The topological polar surface area (TPSA) is 96.5 Å². The van der Waals surface area contributed by atoms with Gasteiger partial charge in [-0.1, -0.05) is 0 Å². The summed E-state index contributed by atoms with van der Waals surface area (Å²) in [5.41, 5.74) is 0. The molecule has 1 saturated carbocycles. The molecular formula is C14H19N5O3. The molecule has 8 nitrogen and oxygen atoms in total. The Labute approximate surface area is 128 Å². The zero-order valence-corrected chi connectivity index (χ0v) is 12.2. The first kappa shape index (κ1) is 14.6. The van der Waals surface area contributed by atoms with Crippen molar-refractivity contribution < 1.29 is 14.3 Å². The number of hydrogen-bond acceptors (Lipinski definition) is 5. The van der Waals surface area contributed by atoms with Crippen LogP contribution in [-0.4, -0.2) is 52.2 Å². The third-order valence-corrected chi connectivity index (χ3v) is 3.92. The van der Waals surface area contributed by atoms with E-state index in [-0.39, 0.29) is 24.2 Å². The van der Waals surface area contributed by atoms with Crippen molar-refractivity contribution in [2.45, 2.75) is 37.8 Å². The average molecular weight is 305 g/mol. The lowest BCUT2D eigenvalue weighted by atomic mass is 9.93. The number of rotatable bonds is 3. The minimum atomic E-state index is -0.323. The maximum atomic E-state index is 12.0. The van der Waals surface area contributed by atoms with Crippen molar-refractivity contribution >= 4 is 12.1 Å². The van der Waals surface area contributed by atoms with Crippen molar-refractivity contribution in [2.24, 2.45) is 0 Å². The molecule has 0 atom stereocenters. The van der Waals surface area contributed by atoms with Gasteiger partial charge in [-0.2, -0.15) is 0 Å². The minimum Gasteiger partial charge on any atom is -0.460 e. The maximum Gasteiger partial charge on any atom is 0.325 e. The van der Waals surface area contributed by atoms with Gasteiger partial charge < -0.3 is 15.4 Å². The van der Waals surface area contributed by atoms with Gasteiger partial charge in [0.25, 0.3) is 0 Å². The normalized spacial score (nSPS) is 24.7. The monoisotopic (exact) mass is 305 g/mol. The van der Waals surface area contributed by atoms with Crippen molar-refractivity contribution in [2.75, 3.05) is 13.1 Å². The van der Waals surface area contributed by atoms with Gasteiger partial charge in [0.1, 0.15) is 6.10 Å². The van der Waals surface area contributed by atoms with E-state index in [0.717, 1.165) is 25.7 Å². The molecular weight excluding hydrogens is 286 g/mol. The van der Waals surface area contributed by atoms with E-state index in [4.69, 9.17) is 4.74 Å². The largest absolute Gasteiger partial charge is 0.460 e. The molecule has 4 amide bonds. The number of aromatic nitrogens is 2. The average Bonchev–Trinajstić information content (AvgIpc) is 2.96. The molecule has 0 spiro atoms. The number of carbonyl (C=O) groups is 2. The molecule has 3 rings (SSSR count). The molecule has 22 heavy (non-hydrogen) atoms. The van der Waals surface area contributed by atoms with Crippen LogP contribution in [0.5, 0.6) is 6.01 Å². The SMILES string of the molecule is O=C1NCCN1C(=O)NC1CCC(Oc2ncccn2)CC1. The summed E-state index contributed by atoms with van der Waals surface area (Å²) in [7, 11) is 0. The van der Waals surface area contributed by atoms with E-state index < -0.39 is 0 Å². The fourth-order valence-corrected chi connectivity index (χ4v) is 2.74. The Morgan fingerprint density at radius 1 is 1.27 bits per heavy atom. The number of carbonyl (C=O) groups excluding carboxylic acids is 2. The van der Waals surface area contributed by atoms with Crippen molar-refractivity contribution in [1.29, 1.82) is 0 Å². The second-order valence-corrected chi connectivity index (χ2v) is 5.46. The first-order valence-corrected chi connectivity index (χ1v) is 7.52. The van der Waals surface area contributed by atoms with Crippen molar-refractivity contribution in [1.82, 2.24) is 25.5 Å². The van der Waals surface area contributed by atoms with E-state index in [0.29, 0.717) is 19.1 Å². The predicted molar refractivity (Wildman–Crippen MR) is 77.3 cm³/mol. The second-order valence-electron chi connectivity index (χ2n) is 5.46. The quantitative estimate of drug-likeness (QED) is 0.865. The number of urea groups is 2. The van der Waals surface area contributed by atoms with Gasteiger partial charge in [-0.15, -0.1) is 0 Å². The molecule has 0 aromatic carbocycles. The Balaban J connectivity index is 1.44. The van der Waals surface area contributed by atoms with Gasteiger partial charge >= 0.3 is 18.1 Å². The van der Waals surface area contributed by atoms with Crippen LogP contribution in [0.1, 0.15) is 25.7 Å². The highest BCUT2D eigenvalue weighted by Gasteiger charge is 2.29. The zero-order chi connectivity index (χ0) is 15.4. The van der Waals surface area contributed by atoms with Crippen LogP contribution in [0.15, 0.2) is 18.5 Å². The van der Waals surface area contributed by atoms with E-state index in [1.807, 2.05) is 0 Å². The fourth-order valence-electron chi connectivity index (χ4n) is 2.74. The number of ether oxygens (including phenoxy) is 1. The van der Waals surface area contributed by atoms with Gasteiger partial charge in [-0.05, 0) is 31.7 Å². The third kappa shape index (κ3) is 3.44. The van der Waals surface area contributed by atoms with Crippen LogP contribution in [0.4, 0.5) is 9.59 Å². The molecule has 118 valence electrons. The summed E-state index contributed by atoms with van der Waals surface area (Å²) in [6, 6.07) is 1.58. The van der Waals surface area contributed by atoms with Gasteiger partial charge in [-0.25, -0.2) is 24.5 Å². The Hall–Kier alpha value is -2.38. The number of nitrogens with one attached hydrogen (secondary N) is 2. The number of amides is 4. The van der Waals surface area contributed by atoms with E-state index in [1.165, 1.54) is 4.90 Å². The molecule has 0 unspecified atom stereocenters. The summed E-state index contributed by atoms with van der Waals surface area (Å²) in [6.07, 6.45) is 6.66. The molecule has 2 aliphatic rings. The van der Waals surface area contributed by atoms with Gasteiger partial charge in [-0.3, -0.25) is 0 Å². The molecule has 1 aromatic heterocycles. The Kier molecular flexibility index (Phi) is 4.36. The van der Waals surface area contributed by atoms with Crippen LogP contribution in [-0.2, 0) is 0 Å². The van der Waals surface area contributed by atoms with Crippen LogP contribution in [0.25, 0.3) is 0 Å². The summed E-state index contributed by atoms with van der Waals surface area (Å²) in [5.74, 6) is 0. The highest BCUT2D eigenvalue weighted by molar-refractivity contribution is 5.95. The lowest BCUT2D eigenvalue weighted by Crippen LogP contribution is -2.47. The Morgan fingerprint density at radius 3 is 2.64 bits per heavy atom. The molecule has 1 aliphatic carbocycles. The number of hydrogen-bond donors (Lipinski definition) is 2. The predicted octanol–water partition coefficient (Wildman–Crippen LogP) is 0.901. The molecule has 0 radical (unpaired) electrons. The number of imide groups is 1.